The Morgan fingerprint density at radius 2 is 1.93 bits per heavy atom. The van der Waals surface area contributed by atoms with Gasteiger partial charge >= 0.3 is 6.18 Å². The number of hydrogen-bond acceptors (Lipinski definition) is 7. The molecule has 12 heteroatoms. The number of rotatable bonds is 7. The Morgan fingerprint density at radius 3 is 2.73 bits per heavy atom. The average molecular weight is 607 g/mol. The van der Waals surface area contributed by atoms with E-state index in [9.17, 15) is 22.8 Å². The van der Waals surface area contributed by atoms with Crippen molar-refractivity contribution >= 4 is 17.6 Å². The van der Waals surface area contributed by atoms with E-state index in [0.717, 1.165) is 41.6 Å². The lowest BCUT2D eigenvalue weighted by molar-refractivity contribution is -0.139. The molecule has 1 fully saturated rings. The molecule has 3 aliphatic heterocycles. The van der Waals surface area contributed by atoms with Gasteiger partial charge in [-0.15, -0.1) is 0 Å². The van der Waals surface area contributed by atoms with Gasteiger partial charge in [-0.1, -0.05) is 0 Å². The lowest BCUT2D eigenvalue weighted by Gasteiger charge is -2.30. The van der Waals surface area contributed by atoms with Crippen LogP contribution < -0.4 is 24.8 Å². The molecule has 0 spiro atoms. The highest BCUT2D eigenvalue weighted by molar-refractivity contribution is 5.95. The van der Waals surface area contributed by atoms with Gasteiger partial charge in [0.05, 0.1) is 11.5 Å². The number of hydrogen-bond donors (Lipinski definition) is 2. The van der Waals surface area contributed by atoms with Crippen LogP contribution in [0.15, 0.2) is 60.0 Å². The molecular weight excluding hydrogens is 577 g/mol. The van der Waals surface area contributed by atoms with Gasteiger partial charge in [-0.3, -0.25) is 9.59 Å². The van der Waals surface area contributed by atoms with Crippen molar-refractivity contribution in [3.05, 3.63) is 82.2 Å². The second-order valence-corrected chi connectivity index (χ2v) is 11.4. The fraction of sp³-hybridized carbons (Fsp3) is 0.344. The first-order valence-corrected chi connectivity index (χ1v) is 14.5. The monoisotopic (exact) mass is 606 g/mol. The number of halogens is 3. The molecule has 1 unspecified atom stereocenters. The largest absolute Gasteiger partial charge is 0.490 e. The van der Waals surface area contributed by atoms with Gasteiger partial charge < -0.3 is 29.7 Å². The summed E-state index contributed by atoms with van der Waals surface area (Å²) < 4.78 is 59.6. The van der Waals surface area contributed by atoms with Crippen molar-refractivity contribution in [2.75, 3.05) is 32.0 Å². The summed E-state index contributed by atoms with van der Waals surface area (Å²) in [5.41, 5.74) is 1.50. The molecule has 2 amide bonds. The summed E-state index contributed by atoms with van der Waals surface area (Å²) in [4.78, 5) is 31.0. The minimum Gasteiger partial charge on any atom is -0.490 e. The SMILES string of the molecule is CN1CCC(Oc2ccc(C(=O)NCC3=C4Oc5ccc(Oc6ccnc7c6CCC(=O)N7)cc5C34)cc2C(F)(F)F)CC1. The molecule has 44 heavy (non-hydrogen) atoms. The van der Waals surface area contributed by atoms with Crippen LogP contribution in [0.3, 0.4) is 0 Å². The fourth-order valence-corrected chi connectivity index (χ4v) is 5.95. The maximum absolute atomic E-state index is 13.9. The molecule has 0 saturated carbocycles. The molecule has 1 saturated heterocycles. The molecule has 1 aliphatic carbocycles. The second kappa shape index (κ2) is 10.8. The molecule has 4 heterocycles. The molecule has 7 rings (SSSR count). The maximum atomic E-state index is 13.9. The van der Waals surface area contributed by atoms with Gasteiger partial charge in [0.15, 0.2) is 0 Å². The Morgan fingerprint density at radius 1 is 1.11 bits per heavy atom. The predicted octanol–water partition coefficient (Wildman–Crippen LogP) is 5.42. The van der Waals surface area contributed by atoms with Crippen molar-refractivity contribution in [3.63, 3.8) is 0 Å². The highest BCUT2D eigenvalue weighted by atomic mass is 19.4. The van der Waals surface area contributed by atoms with Crippen molar-refractivity contribution in [1.82, 2.24) is 15.2 Å². The first-order chi connectivity index (χ1) is 21.1. The van der Waals surface area contributed by atoms with E-state index in [1.165, 1.54) is 12.1 Å². The molecule has 1 atom stereocenters. The van der Waals surface area contributed by atoms with Crippen LogP contribution in [-0.2, 0) is 17.4 Å². The number of allylic oxidation sites excluding steroid dienone is 1. The van der Waals surface area contributed by atoms with E-state index >= 15 is 0 Å². The molecule has 0 bridgehead atoms. The van der Waals surface area contributed by atoms with Gasteiger partial charge in [0.2, 0.25) is 5.91 Å². The van der Waals surface area contributed by atoms with Crippen LogP contribution >= 0.6 is 0 Å². The molecule has 9 nitrogen and oxygen atoms in total. The van der Waals surface area contributed by atoms with Crippen molar-refractivity contribution in [2.45, 2.75) is 43.9 Å². The lowest BCUT2D eigenvalue weighted by atomic mass is 10.0. The van der Waals surface area contributed by atoms with Crippen LogP contribution in [-0.4, -0.2) is 54.5 Å². The predicted molar refractivity (Wildman–Crippen MR) is 153 cm³/mol. The third kappa shape index (κ3) is 5.45. The van der Waals surface area contributed by atoms with Crippen molar-refractivity contribution in [1.29, 1.82) is 0 Å². The van der Waals surface area contributed by atoms with E-state index in [1.807, 2.05) is 19.2 Å². The van der Waals surface area contributed by atoms with E-state index in [1.54, 1.807) is 18.3 Å². The number of carbonyl (C=O) groups is 2. The van der Waals surface area contributed by atoms with Crippen LogP contribution in [0.2, 0.25) is 0 Å². The number of pyridine rings is 1. The van der Waals surface area contributed by atoms with Crippen LogP contribution in [0.1, 0.15) is 52.2 Å². The van der Waals surface area contributed by atoms with E-state index < -0.39 is 17.6 Å². The molecule has 4 aliphatic rings. The van der Waals surface area contributed by atoms with E-state index in [2.05, 4.69) is 20.5 Å². The Bertz CT molecular complexity index is 1700. The van der Waals surface area contributed by atoms with Gasteiger partial charge in [-0.05, 0) is 68.8 Å². The van der Waals surface area contributed by atoms with E-state index in [4.69, 9.17) is 14.2 Å². The quantitative estimate of drug-likeness (QED) is 0.370. The number of likely N-dealkylation sites (tertiary alicyclic amines) is 1. The number of ether oxygens (including phenoxy) is 3. The summed E-state index contributed by atoms with van der Waals surface area (Å²) >= 11 is 0. The minimum absolute atomic E-state index is 0.0846. The summed E-state index contributed by atoms with van der Waals surface area (Å²) in [7, 11) is 1.96. The number of amides is 2. The summed E-state index contributed by atoms with van der Waals surface area (Å²) in [6.45, 7) is 1.64. The molecule has 2 aromatic carbocycles. The van der Waals surface area contributed by atoms with Crippen molar-refractivity contribution in [3.8, 4) is 23.0 Å². The normalized spacial score (nSPS) is 19.4. The minimum atomic E-state index is -4.67. The molecule has 1 aromatic heterocycles. The zero-order valence-electron chi connectivity index (χ0n) is 23.8. The number of piperidine rings is 1. The van der Waals surface area contributed by atoms with Gasteiger partial charge in [0, 0.05) is 54.5 Å². The summed E-state index contributed by atoms with van der Waals surface area (Å²) in [6, 6.07) is 10.7. The van der Waals surface area contributed by atoms with Gasteiger partial charge in [-0.2, -0.15) is 13.2 Å². The molecule has 228 valence electrons. The maximum Gasteiger partial charge on any atom is 0.419 e. The molecule has 3 aromatic rings. The van der Waals surface area contributed by atoms with Gasteiger partial charge in [0.25, 0.3) is 5.91 Å². The Hall–Kier alpha value is -4.58. The third-order valence-corrected chi connectivity index (χ3v) is 8.40. The zero-order chi connectivity index (χ0) is 30.6. The van der Waals surface area contributed by atoms with Crippen molar-refractivity contribution in [2.24, 2.45) is 0 Å². The zero-order valence-corrected chi connectivity index (χ0v) is 23.8. The number of alkyl halides is 3. The van der Waals surface area contributed by atoms with Gasteiger partial charge in [-0.25, -0.2) is 4.98 Å². The Labute approximate surface area is 251 Å². The highest BCUT2D eigenvalue weighted by Gasteiger charge is 2.47. The van der Waals surface area contributed by atoms with E-state index in [-0.39, 0.29) is 35.8 Å². The summed E-state index contributed by atoms with van der Waals surface area (Å²) in [6.07, 6.45) is -1.25. The fourth-order valence-electron chi connectivity index (χ4n) is 5.95. The standard InChI is InChI=1S/C32H29F3N4O5/c1-39-12-9-18(10-13-39)42-26-5-2-17(14-23(26)32(33,34)35)31(41)37-16-22-28-21-15-19(3-6-24(21)44-29(22)28)43-25-8-11-36-30-20(25)4-7-27(40)38-30/h2-3,5-6,8,11,14-15,18,28H,4,7,9-10,12-13,16H2,1H3,(H,37,41)(H,36,38,40). The van der Waals surface area contributed by atoms with Crippen molar-refractivity contribution < 1.29 is 37.0 Å². The smallest absolute Gasteiger partial charge is 0.419 e. The lowest BCUT2D eigenvalue weighted by Crippen LogP contribution is -2.36. The Kier molecular flexibility index (Phi) is 6.95. The summed E-state index contributed by atoms with van der Waals surface area (Å²) in [5.74, 6) is 1.99. The number of nitrogens with zero attached hydrogens (tertiary/aromatic N) is 2. The highest BCUT2D eigenvalue weighted by Crippen LogP contribution is 2.57. The molecular formula is C32H29F3N4O5. The number of carbonyl (C=O) groups excluding carboxylic acids is 2. The number of fused-ring (bicyclic) bond motifs is 4. The van der Waals surface area contributed by atoms with Crippen LogP contribution in [0.4, 0.5) is 19.0 Å². The molecule has 0 radical (unpaired) electrons. The number of benzene rings is 2. The second-order valence-electron chi connectivity index (χ2n) is 11.4. The molecule has 2 N–H and O–H groups in total. The first kappa shape index (κ1) is 28.2. The number of nitrogens with one attached hydrogen (secondary N) is 2. The average Bonchev–Trinajstić information content (AvgIpc) is 3.55. The number of anilines is 1. The van der Waals surface area contributed by atoms with E-state index in [0.29, 0.717) is 48.7 Å². The first-order valence-electron chi connectivity index (χ1n) is 14.5. The van der Waals surface area contributed by atoms with Crippen LogP contribution in [0.5, 0.6) is 23.0 Å². The van der Waals surface area contributed by atoms with Crippen LogP contribution in [0.25, 0.3) is 0 Å². The van der Waals surface area contributed by atoms with Crippen LogP contribution in [0, 0.1) is 0 Å². The Balaban J connectivity index is 1.00. The number of aromatic nitrogens is 1. The topological polar surface area (TPSA) is 102 Å². The van der Waals surface area contributed by atoms with Gasteiger partial charge in [0.1, 0.15) is 40.7 Å². The summed E-state index contributed by atoms with van der Waals surface area (Å²) in [5, 5.41) is 5.49. The third-order valence-electron chi connectivity index (χ3n) is 8.40.